The van der Waals surface area contributed by atoms with Gasteiger partial charge in [-0.25, -0.2) is 18.4 Å². The highest BCUT2D eigenvalue weighted by atomic mass is 35.5. The molecule has 0 spiro atoms. The summed E-state index contributed by atoms with van der Waals surface area (Å²) in [6.07, 6.45) is 65.5. The minimum absolute atomic E-state index is 0.120. The Bertz CT molecular complexity index is 1050. The third kappa shape index (κ3) is 46.1. The molecule has 0 aliphatic heterocycles. The molecule has 2 N–H and O–H groups in total. The lowest BCUT2D eigenvalue weighted by atomic mass is 9.85. The van der Waals surface area contributed by atoms with Crippen molar-refractivity contribution < 1.29 is 13.2 Å². The Morgan fingerprint density at radius 2 is 0.629 bits per heavy atom. The van der Waals surface area contributed by atoms with Gasteiger partial charge >= 0.3 is 0 Å². The van der Waals surface area contributed by atoms with Crippen LogP contribution in [0.2, 0.25) is 0 Å². The zero-order valence-electron chi connectivity index (χ0n) is 42.0. The second-order valence-electron chi connectivity index (χ2n) is 20.0. The number of primary sulfonamides is 1. The van der Waals surface area contributed by atoms with Gasteiger partial charge in [0.25, 0.3) is 0 Å². The molecule has 0 saturated carbocycles. The molecule has 0 aromatic rings. The number of carbonyl (C=O) groups excluding carboxylic acids is 1. The average Bonchev–Trinajstić information content (AvgIpc) is 3.24. The van der Waals surface area contributed by atoms with Gasteiger partial charge in [-0.3, -0.25) is 0 Å². The van der Waals surface area contributed by atoms with Crippen LogP contribution in [-0.4, -0.2) is 25.2 Å². The maximum Gasteiger partial charge on any atom is 0.236 e. The van der Waals surface area contributed by atoms with Gasteiger partial charge in [-0.05, 0) is 38.0 Å². The SMILES string of the molecule is CCCCCCCCCCCCCCCCCCC(CCCCCCCCCCCCCCCCS(N)(=O)=O)C(Cl)(CCCCCCCCCCCCCCCCCC)N=C=O. The summed E-state index contributed by atoms with van der Waals surface area (Å²) < 4.78 is 22.1. The van der Waals surface area contributed by atoms with Crippen molar-refractivity contribution in [3.05, 3.63) is 0 Å². The lowest BCUT2D eigenvalue weighted by molar-refractivity contribution is 0.289. The molecule has 7 heteroatoms. The lowest BCUT2D eigenvalue weighted by Gasteiger charge is -2.31. The highest BCUT2D eigenvalue weighted by Crippen LogP contribution is 2.39. The number of unbranched alkanes of at least 4 members (excludes halogenated alkanes) is 43. The van der Waals surface area contributed by atoms with Gasteiger partial charge in [0.15, 0.2) is 0 Å². The number of rotatable bonds is 53. The van der Waals surface area contributed by atoms with E-state index in [0.717, 1.165) is 38.5 Å². The number of aliphatic imine (C=N–C) groups is 1. The largest absolute Gasteiger partial charge is 0.236 e. The van der Waals surface area contributed by atoms with Crippen molar-refractivity contribution in [3.63, 3.8) is 0 Å². The summed E-state index contributed by atoms with van der Waals surface area (Å²) in [5.74, 6) is 0.386. The number of isocyanates is 1. The first-order valence-corrected chi connectivity index (χ1v) is 30.2. The molecule has 62 heavy (non-hydrogen) atoms. The standard InChI is InChI=1S/C55H109ClN2O3S/c1-3-5-7-9-11-13-15-17-19-21-25-29-33-37-41-45-49-54(50-46-42-38-34-30-26-22-24-28-32-36-40-44-48-52-62(57,60)61)55(56,58-53-59)51-47-43-39-35-31-27-23-20-18-16-14-12-10-8-6-4-2/h54H,3-52H2,1-2H3,(H2,57,60,61). The minimum atomic E-state index is -3.30. The lowest BCUT2D eigenvalue weighted by Crippen LogP contribution is -2.30. The van der Waals surface area contributed by atoms with Crippen LogP contribution in [0.15, 0.2) is 4.99 Å². The van der Waals surface area contributed by atoms with E-state index in [0.29, 0.717) is 6.42 Å². The Kier molecular flexibility index (Phi) is 48.2. The highest BCUT2D eigenvalue weighted by Gasteiger charge is 2.35. The number of halogens is 1. The van der Waals surface area contributed by atoms with E-state index in [1.807, 2.05) is 6.08 Å². The van der Waals surface area contributed by atoms with Gasteiger partial charge in [-0.15, -0.1) is 0 Å². The van der Waals surface area contributed by atoms with E-state index in [4.69, 9.17) is 16.7 Å². The van der Waals surface area contributed by atoms with Crippen LogP contribution in [0.1, 0.15) is 328 Å². The molecule has 0 aliphatic carbocycles. The van der Waals surface area contributed by atoms with Crippen molar-refractivity contribution in [1.82, 2.24) is 0 Å². The summed E-state index contributed by atoms with van der Waals surface area (Å²) in [4.78, 5) is 15.4. The maximum atomic E-state index is 11.8. The van der Waals surface area contributed by atoms with E-state index < -0.39 is 15.0 Å². The second-order valence-corrected chi connectivity index (χ2v) is 22.4. The summed E-state index contributed by atoms with van der Waals surface area (Å²) >= 11 is 7.37. The number of nitrogens with two attached hydrogens (primary N) is 1. The van der Waals surface area contributed by atoms with Gasteiger partial charge in [0.05, 0.1) is 5.75 Å². The Morgan fingerprint density at radius 1 is 0.403 bits per heavy atom. The van der Waals surface area contributed by atoms with Gasteiger partial charge in [-0.1, -0.05) is 308 Å². The summed E-state index contributed by atoms with van der Waals surface area (Å²) in [5.41, 5.74) is 0. The van der Waals surface area contributed by atoms with E-state index in [1.54, 1.807) is 0 Å². The summed E-state index contributed by atoms with van der Waals surface area (Å²) in [7, 11) is -3.30. The second kappa shape index (κ2) is 48.5. The van der Waals surface area contributed by atoms with Crippen LogP contribution < -0.4 is 5.14 Å². The Balaban J connectivity index is 4.45. The first-order chi connectivity index (χ1) is 30.3. The van der Waals surface area contributed by atoms with Crippen molar-refractivity contribution in [2.75, 3.05) is 5.75 Å². The molecule has 0 aromatic carbocycles. The number of nitrogens with zero attached hydrogens (tertiary/aromatic N) is 1. The molecule has 2 unspecified atom stereocenters. The van der Waals surface area contributed by atoms with Crippen molar-refractivity contribution >= 4 is 27.7 Å². The summed E-state index contributed by atoms with van der Waals surface area (Å²) in [6, 6.07) is 0. The molecule has 0 amide bonds. The van der Waals surface area contributed by atoms with Crippen LogP contribution in [0.4, 0.5) is 0 Å². The van der Waals surface area contributed by atoms with Gasteiger partial charge in [-0.2, -0.15) is 4.99 Å². The molecule has 370 valence electrons. The van der Waals surface area contributed by atoms with Gasteiger partial charge in [0.2, 0.25) is 16.1 Å². The maximum absolute atomic E-state index is 11.8. The van der Waals surface area contributed by atoms with Gasteiger partial charge < -0.3 is 0 Å². The number of hydrogen-bond acceptors (Lipinski definition) is 4. The third-order valence-electron chi connectivity index (χ3n) is 13.9. The first-order valence-electron chi connectivity index (χ1n) is 28.1. The molecule has 0 saturated heterocycles. The monoisotopic (exact) mass is 913 g/mol. The van der Waals surface area contributed by atoms with E-state index in [9.17, 15) is 13.2 Å². The molecule has 0 bridgehead atoms. The topological polar surface area (TPSA) is 89.6 Å². The fraction of sp³-hybridized carbons (Fsp3) is 0.982. The van der Waals surface area contributed by atoms with Crippen molar-refractivity contribution in [2.45, 2.75) is 333 Å². The molecule has 0 rings (SSSR count). The Hall–Kier alpha value is -0.420. The Morgan fingerprint density at radius 3 is 0.871 bits per heavy atom. The fourth-order valence-corrected chi connectivity index (χ4v) is 10.7. The van der Waals surface area contributed by atoms with Crippen LogP contribution in [0.25, 0.3) is 0 Å². The highest BCUT2D eigenvalue weighted by molar-refractivity contribution is 7.89. The van der Waals surface area contributed by atoms with E-state index in [-0.39, 0.29) is 11.7 Å². The minimum Gasteiger partial charge on any atom is -0.229 e. The third-order valence-corrected chi connectivity index (χ3v) is 15.3. The van der Waals surface area contributed by atoms with Crippen molar-refractivity contribution in [1.29, 1.82) is 0 Å². The van der Waals surface area contributed by atoms with Crippen LogP contribution in [0.3, 0.4) is 0 Å². The average molecular weight is 914 g/mol. The molecule has 0 aromatic heterocycles. The zero-order valence-corrected chi connectivity index (χ0v) is 43.5. The molecule has 0 heterocycles. The molecule has 0 aliphatic rings. The zero-order chi connectivity index (χ0) is 45.3. The Labute approximate surface area is 394 Å². The molecule has 2 atom stereocenters. The van der Waals surface area contributed by atoms with Gasteiger partial charge in [0, 0.05) is 0 Å². The van der Waals surface area contributed by atoms with Gasteiger partial charge in [0.1, 0.15) is 5.00 Å². The number of sulfonamides is 1. The van der Waals surface area contributed by atoms with E-state index in [1.165, 1.54) is 270 Å². The quantitative estimate of drug-likeness (QED) is 0.0217. The molecular weight excluding hydrogens is 804 g/mol. The molecular formula is C55H109ClN2O3S. The normalized spacial score (nSPS) is 13.4. The first kappa shape index (κ1) is 61.6. The fourth-order valence-electron chi connectivity index (χ4n) is 9.69. The smallest absolute Gasteiger partial charge is 0.229 e. The number of alkyl halides is 1. The molecule has 0 radical (unpaired) electrons. The van der Waals surface area contributed by atoms with Crippen LogP contribution >= 0.6 is 11.6 Å². The van der Waals surface area contributed by atoms with E-state index >= 15 is 0 Å². The summed E-state index contributed by atoms with van der Waals surface area (Å²) in [6.45, 7) is 4.59. The van der Waals surface area contributed by atoms with Crippen LogP contribution in [-0.2, 0) is 14.8 Å². The predicted octanol–water partition coefficient (Wildman–Crippen LogP) is 19.3. The molecule has 5 nitrogen and oxygen atoms in total. The predicted molar refractivity (Wildman–Crippen MR) is 276 cm³/mol. The van der Waals surface area contributed by atoms with E-state index in [2.05, 4.69) is 18.8 Å². The molecule has 0 fully saturated rings. The van der Waals surface area contributed by atoms with Crippen LogP contribution in [0, 0.1) is 5.92 Å². The van der Waals surface area contributed by atoms with Crippen LogP contribution in [0.5, 0.6) is 0 Å². The van der Waals surface area contributed by atoms with Crippen molar-refractivity contribution in [3.8, 4) is 0 Å². The van der Waals surface area contributed by atoms with Crippen molar-refractivity contribution in [2.24, 2.45) is 16.0 Å². The number of hydrogen-bond donors (Lipinski definition) is 1. The summed E-state index contributed by atoms with van der Waals surface area (Å²) in [5, 5.41) is 5.09.